The van der Waals surface area contributed by atoms with Gasteiger partial charge in [0.25, 0.3) is 0 Å². The smallest absolute Gasteiger partial charge is 0.436 e. The fourth-order valence-corrected chi connectivity index (χ4v) is 3.47. The molecule has 0 amide bonds. The van der Waals surface area contributed by atoms with Crippen LogP contribution in [0.4, 0.5) is 13.2 Å². The van der Waals surface area contributed by atoms with Crippen LogP contribution in [0.3, 0.4) is 0 Å². The van der Waals surface area contributed by atoms with Gasteiger partial charge in [-0.15, -0.1) is 0 Å². The maximum absolute atomic E-state index is 13.3. The van der Waals surface area contributed by atoms with Gasteiger partial charge in [0.2, 0.25) is 15.9 Å². The number of alkyl halides is 3. The molecule has 0 saturated heterocycles. The highest BCUT2D eigenvalue weighted by Gasteiger charge is 2.41. The minimum Gasteiger partial charge on any atom is -0.476 e. The summed E-state index contributed by atoms with van der Waals surface area (Å²) in [7, 11) is -4.03. The standard InChI is InChI=1S/C17H16F3N5O3S/c1-10-2-3-11(6-10)9-28-16-13(7-21)15(17(18,19)20)24-25(16)14-5-4-12(8-23-14)29(22,26)27/h4-5,8,11H,1-3,6,9H2,(H2,22,26,27). The molecule has 154 valence electrons. The van der Waals surface area contributed by atoms with Crippen LogP contribution in [-0.2, 0) is 16.2 Å². The van der Waals surface area contributed by atoms with E-state index in [0.717, 1.165) is 41.4 Å². The Balaban J connectivity index is 2.03. The minimum absolute atomic E-state index is 0.0597. The average molecular weight is 427 g/mol. The molecule has 0 aliphatic heterocycles. The highest BCUT2D eigenvalue weighted by molar-refractivity contribution is 7.89. The topological polar surface area (TPSA) is 124 Å². The first-order chi connectivity index (χ1) is 13.5. The minimum atomic E-state index is -4.89. The van der Waals surface area contributed by atoms with E-state index in [4.69, 9.17) is 9.88 Å². The summed E-state index contributed by atoms with van der Waals surface area (Å²) in [6, 6.07) is 3.69. The van der Waals surface area contributed by atoms with Gasteiger partial charge in [-0.3, -0.25) is 0 Å². The van der Waals surface area contributed by atoms with Gasteiger partial charge in [0.05, 0.1) is 6.61 Å². The number of nitriles is 1. The normalized spacial score (nSPS) is 17.3. The lowest BCUT2D eigenvalue weighted by Gasteiger charge is -2.13. The first-order valence-corrected chi connectivity index (χ1v) is 9.94. The third-order valence-electron chi connectivity index (χ3n) is 4.43. The van der Waals surface area contributed by atoms with E-state index in [1.54, 1.807) is 0 Å². The Bertz CT molecular complexity index is 1090. The zero-order chi connectivity index (χ0) is 21.4. The van der Waals surface area contributed by atoms with E-state index in [0.29, 0.717) is 6.42 Å². The molecule has 3 rings (SSSR count). The molecular formula is C17H16F3N5O3S. The molecule has 0 aromatic carbocycles. The highest BCUT2D eigenvalue weighted by Crippen LogP contribution is 2.37. The second-order valence-electron chi connectivity index (χ2n) is 6.62. The predicted octanol–water partition coefficient (Wildman–Crippen LogP) is 2.54. The quantitative estimate of drug-likeness (QED) is 0.732. The van der Waals surface area contributed by atoms with Gasteiger partial charge in [0.1, 0.15) is 16.5 Å². The largest absolute Gasteiger partial charge is 0.476 e. The molecule has 1 saturated carbocycles. The number of aromatic nitrogens is 3. The molecule has 8 nitrogen and oxygen atoms in total. The average Bonchev–Trinajstić information content (AvgIpc) is 3.22. The van der Waals surface area contributed by atoms with Gasteiger partial charge in [0, 0.05) is 6.20 Å². The molecule has 12 heteroatoms. The third kappa shape index (κ3) is 4.41. The number of ether oxygens (including phenoxy) is 1. The van der Waals surface area contributed by atoms with Crippen LogP contribution < -0.4 is 9.88 Å². The van der Waals surface area contributed by atoms with Crippen molar-refractivity contribution in [3.05, 3.63) is 41.7 Å². The van der Waals surface area contributed by atoms with Crippen LogP contribution in [0.5, 0.6) is 5.88 Å². The maximum Gasteiger partial charge on any atom is 0.436 e. The van der Waals surface area contributed by atoms with E-state index >= 15 is 0 Å². The van der Waals surface area contributed by atoms with Gasteiger partial charge >= 0.3 is 6.18 Å². The van der Waals surface area contributed by atoms with E-state index in [1.807, 2.05) is 0 Å². The number of rotatable bonds is 5. The number of primary sulfonamides is 1. The summed E-state index contributed by atoms with van der Waals surface area (Å²) in [6.45, 7) is 3.95. The molecule has 1 unspecified atom stereocenters. The zero-order valence-corrected chi connectivity index (χ0v) is 15.8. The summed E-state index contributed by atoms with van der Waals surface area (Å²) < 4.78 is 69.1. The summed E-state index contributed by atoms with van der Waals surface area (Å²) >= 11 is 0. The third-order valence-corrected chi connectivity index (χ3v) is 5.33. The summed E-state index contributed by atoms with van der Waals surface area (Å²) in [5, 5.41) is 17.7. The van der Waals surface area contributed by atoms with Crippen LogP contribution in [0.2, 0.25) is 0 Å². The van der Waals surface area contributed by atoms with Crippen molar-refractivity contribution in [2.75, 3.05) is 6.61 Å². The van der Waals surface area contributed by atoms with Crippen LogP contribution in [0.25, 0.3) is 5.82 Å². The molecule has 2 aromatic heterocycles. The van der Waals surface area contributed by atoms with Gasteiger partial charge in [-0.1, -0.05) is 12.2 Å². The lowest BCUT2D eigenvalue weighted by molar-refractivity contribution is -0.141. The van der Waals surface area contributed by atoms with E-state index in [9.17, 15) is 26.9 Å². The van der Waals surface area contributed by atoms with Crippen molar-refractivity contribution in [1.29, 1.82) is 5.26 Å². The van der Waals surface area contributed by atoms with Crippen molar-refractivity contribution >= 4 is 10.0 Å². The highest BCUT2D eigenvalue weighted by atomic mass is 32.2. The van der Waals surface area contributed by atoms with Gasteiger partial charge in [-0.25, -0.2) is 18.5 Å². The van der Waals surface area contributed by atoms with Gasteiger partial charge in [-0.05, 0) is 37.3 Å². The van der Waals surface area contributed by atoms with Crippen molar-refractivity contribution in [2.45, 2.75) is 30.3 Å². The predicted molar refractivity (Wildman–Crippen MR) is 94.4 cm³/mol. The van der Waals surface area contributed by atoms with E-state index in [2.05, 4.69) is 16.7 Å². The first kappa shape index (κ1) is 20.8. The lowest BCUT2D eigenvalue weighted by atomic mass is 10.1. The molecule has 0 spiro atoms. The Labute approximate surface area is 164 Å². The molecule has 1 aliphatic carbocycles. The number of hydrogen-bond donors (Lipinski definition) is 1. The molecule has 2 N–H and O–H groups in total. The molecule has 0 bridgehead atoms. The first-order valence-electron chi connectivity index (χ1n) is 8.39. The van der Waals surface area contributed by atoms with Crippen molar-refractivity contribution in [3.63, 3.8) is 0 Å². The van der Waals surface area contributed by atoms with Crippen LogP contribution in [0, 0.1) is 17.2 Å². The van der Waals surface area contributed by atoms with Crippen molar-refractivity contribution in [1.82, 2.24) is 14.8 Å². The van der Waals surface area contributed by atoms with Crippen molar-refractivity contribution in [2.24, 2.45) is 11.1 Å². The molecule has 0 radical (unpaired) electrons. The van der Waals surface area contributed by atoms with Gasteiger partial charge in [-0.2, -0.15) is 28.2 Å². The molecule has 2 heterocycles. The fraction of sp³-hybridized carbons (Fsp3) is 0.353. The van der Waals surface area contributed by atoms with E-state index in [1.165, 1.54) is 6.07 Å². The summed E-state index contributed by atoms with van der Waals surface area (Å²) in [5.41, 5.74) is -1.15. The number of nitrogens with zero attached hydrogens (tertiary/aromatic N) is 4. The van der Waals surface area contributed by atoms with Crippen LogP contribution >= 0.6 is 0 Å². The Morgan fingerprint density at radius 3 is 2.62 bits per heavy atom. The molecule has 2 aromatic rings. The Morgan fingerprint density at radius 2 is 2.14 bits per heavy atom. The molecule has 29 heavy (non-hydrogen) atoms. The van der Waals surface area contributed by atoms with Crippen LogP contribution in [0.1, 0.15) is 30.5 Å². The van der Waals surface area contributed by atoms with Crippen LogP contribution in [0.15, 0.2) is 35.4 Å². The van der Waals surface area contributed by atoms with Gasteiger partial charge < -0.3 is 4.74 Å². The molecule has 1 aliphatic rings. The number of nitrogens with two attached hydrogens (primary N) is 1. The number of halogens is 3. The van der Waals surface area contributed by atoms with E-state index < -0.39 is 33.3 Å². The summed E-state index contributed by atoms with van der Waals surface area (Å²) in [5.74, 6) is -0.507. The molecule has 1 fully saturated rings. The number of sulfonamides is 1. The molecule has 1 atom stereocenters. The van der Waals surface area contributed by atoms with Gasteiger partial charge in [0.15, 0.2) is 11.5 Å². The molecular weight excluding hydrogens is 411 g/mol. The van der Waals surface area contributed by atoms with Crippen LogP contribution in [-0.4, -0.2) is 29.8 Å². The monoisotopic (exact) mass is 427 g/mol. The second-order valence-corrected chi connectivity index (χ2v) is 8.18. The Hall–Kier alpha value is -2.91. The number of hydrogen-bond acceptors (Lipinski definition) is 6. The Kier molecular flexibility index (Phi) is 5.38. The summed E-state index contributed by atoms with van der Waals surface area (Å²) in [6.07, 6.45) is -1.73. The SMILES string of the molecule is C=C1CCC(COc2c(C#N)c(C(F)(F)F)nn2-c2ccc(S(N)(=O)=O)cn2)C1. The summed E-state index contributed by atoms with van der Waals surface area (Å²) in [4.78, 5) is 3.49. The Morgan fingerprint density at radius 1 is 1.41 bits per heavy atom. The zero-order valence-electron chi connectivity index (χ0n) is 15.0. The van der Waals surface area contributed by atoms with E-state index in [-0.39, 0.29) is 23.2 Å². The number of allylic oxidation sites excluding steroid dienone is 1. The maximum atomic E-state index is 13.3. The number of pyridine rings is 1. The lowest BCUT2D eigenvalue weighted by Crippen LogP contribution is -2.14. The second kappa shape index (κ2) is 7.49. The fourth-order valence-electron chi connectivity index (χ4n) is 3.02. The van der Waals surface area contributed by atoms with Crippen molar-refractivity contribution < 1.29 is 26.3 Å². The van der Waals surface area contributed by atoms with Crippen molar-refractivity contribution in [3.8, 4) is 17.8 Å².